The summed E-state index contributed by atoms with van der Waals surface area (Å²) in [6.45, 7) is 5.36. The van der Waals surface area contributed by atoms with E-state index in [9.17, 15) is 0 Å². The van der Waals surface area contributed by atoms with Crippen LogP contribution in [0.25, 0.3) is 0 Å². The van der Waals surface area contributed by atoms with E-state index in [1.807, 2.05) is 13.1 Å². The van der Waals surface area contributed by atoms with E-state index < -0.39 is 0 Å². The Hall–Kier alpha value is -0.580. The molecule has 0 radical (unpaired) electrons. The summed E-state index contributed by atoms with van der Waals surface area (Å²) in [5.41, 5.74) is 1.24. The Kier molecular flexibility index (Phi) is 6.14. The summed E-state index contributed by atoms with van der Waals surface area (Å²) in [7, 11) is 1.95. The van der Waals surface area contributed by atoms with Crippen molar-refractivity contribution in [1.82, 2.24) is 10.2 Å². The molecule has 0 amide bonds. The van der Waals surface area contributed by atoms with Crippen LogP contribution >= 0.6 is 15.9 Å². The lowest BCUT2D eigenvalue weighted by atomic mass is 10.2. The van der Waals surface area contributed by atoms with Crippen LogP contribution in [0.5, 0.6) is 5.75 Å². The summed E-state index contributed by atoms with van der Waals surface area (Å²) in [6.07, 6.45) is 3.83. The van der Waals surface area contributed by atoms with Gasteiger partial charge < -0.3 is 15.0 Å². The molecule has 3 nitrogen and oxygen atoms in total. The second kappa shape index (κ2) is 7.88. The van der Waals surface area contributed by atoms with Gasteiger partial charge in [0.1, 0.15) is 5.75 Å². The zero-order chi connectivity index (χ0) is 13.5. The molecule has 1 saturated heterocycles. The molecular weight excluding hydrogens is 304 g/mol. The summed E-state index contributed by atoms with van der Waals surface area (Å²) < 4.78 is 6.96. The molecular formula is C15H23BrN2O. The Morgan fingerprint density at radius 2 is 2.11 bits per heavy atom. The minimum Gasteiger partial charge on any atom is -0.494 e. The molecule has 0 bridgehead atoms. The molecule has 1 heterocycles. The monoisotopic (exact) mass is 326 g/mol. The Morgan fingerprint density at radius 1 is 1.32 bits per heavy atom. The lowest BCUT2D eigenvalue weighted by Gasteiger charge is -2.15. The number of hydrogen-bond donors (Lipinski definition) is 1. The smallest absolute Gasteiger partial charge is 0.119 e. The van der Waals surface area contributed by atoms with Gasteiger partial charge >= 0.3 is 0 Å². The number of ether oxygens (including phenoxy) is 1. The Bertz CT molecular complexity index is 392. The van der Waals surface area contributed by atoms with Crippen LogP contribution in [0.15, 0.2) is 22.7 Å². The lowest BCUT2D eigenvalue weighted by Crippen LogP contribution is -2.21. The number of likely N-dealkylation sites (tertiary alicyclic amines) is 1. The van der Waals surface area contributed by atoms with Crippen molar-refractivity contribution in [2.24, 2.45) is 0 Å². The average Bonchev–Trinajstić information content (AvgIpc) is 2.92. The van der Waals surface area contributed by atoms with Crippen molar-refractivity contribution in [2.75, 3.05) is 33.3 Å². The molecule has 1 aliphatic rings. The van der Waals surface area contributed by atoms with Gasteiger partial charge in [-0.25, -0.2) is 0 Å². The molecule has 106 valence electrons. The summed E-state index contributed by atoms with van der Waals surface area (Å²) in [5, 5.41) is 3.16. The van der Waals surface area contributed by atoms with Gasteiger partial charge in [0, 0.05) is 17.6 Å². The van der Waals surface area contributed by atoms with Crippen molar-refractivity contribution in [3.05, 3.63) is 28.2 Å². The van der Waals surface area contributed by atoms with Crippen LogP contribution in [0.1, 0.15) is 24.8 Å². The maximum atomic E-state index is 5.83. The highest BCUT2D eigenvalue weighted by molar-refractivity contribution is 9.10. The Morgan fingerprint density at radius 3 is 2.84 bits per heavy atom. The second-order valence-electron chi connectivity index (χ2n) is 5.03. The van der Waals surface area contributed by atoms with E-state index in [2.05, 4.69) is 38.3 Å². The van der Waals surface area contributed by atoms with Crippen molar-refractivity contribution >= 4 is 15.9 Å². The zero-order valence-electron chi connectivity index (χ0n) is 11.6. The second-order valence-corrected chi connectivity index (χ2v) is 5.89. The maximum Gasteiger partial charge on any atom is 0.119 e. The molecule has 1 N–H and O–H groups in total. The van der Waals surface area contributed by atoms with Gasteiger partial charge in [0.25, 0.3) is 0 Å². The van der Waals surface area contributed by atoms with Crippen LogP contribution in [0.4, 0.5) is 0 Å². The van der Waals surface area contributed by atoms with Crippen molar-refractivity contribution in [3.63, 3.8) is 0 Å². The fraction of sp³-hybridized carbons (Fsp3) is 0.600. The van der Waals surface area contributed by atoms with Gasteiger partial charge in [-0.2, -0.15) is 0 Å². The van der Waals surface area contributed by atoms with Gasteiger partial charge in [0.2, 0.25) is 0 Å². The van der Waals surface area contributed by atoms with Gasteiger partial charge in [-0.15, -0.1) is 0 Å². The Labute approximate surface area is 124 Å². The summed E-state index contributed by atoms with van der Waals surface area (Å²) in [6, 6.07) is 6.19. The van der Waals surface area contributed by atoms with Crippen molar-refractivity contribution in [1.29, 1.82) is 0 Å². The van der Waals surface area contributed by atoms with Crippen LogP contribution in [0, 0.1) is 0 Å². The van der Waals surface area contributed by atoms with Gasteiger partial charge in [0.15, 0.2) is 0 Å². The molecule has 0 unspecified atom stereocenters. The van der Waals surface area contributed by atoms with E-state index in [4.69, 9.17) is 4.74 Å². The fourth-order valence-electron chi connectivity index (χ4n) is 2.45. The third-order valence-electron chi connectivity index (χ3n) is 3.47. The standard InChI is InChI=1S/C15H23BrN2O/c1-17-12-13-11-14(5-6-15(13)16)19-10-4-9-18-7-2-3-8-18/h5-6,11,17H,2-4,7-10,12H2,1H3. The molecule has 4 heteroatoms. The molecule has 1 aromatic rings. The first kappa shape index (κ1) is 14.8. The number of nitrogens with one attached hydrogen (secondary N) is 1. The van der Waals surface area contributed by atoms with Crippen LogP contribution in [-0.2, 0) is 6.54 Å². The first-order valence-electron chi connectivity index (χ1n) is 7.08. The molecule has 1 fully saturated rings. The van der Waals surface area contributed by atoms with Gasteiger partial charge in [-0.1, -0.05) is 15.9 Å². The predicted molar refractivity (Wildman–Crippen MR) is 82.7 cm³/mol. The highest BCUT2D eigenvalue weighted by Gasteiger charge is 2.10. The SMILES string of the molecule is CNCc1cc(OCCCN2CCCC2)ccc1Br. The minimum atomic E-state index is 0.803. The normalized spacial score (nSPS) is 15.9. The first-order valence-corrected chi connectivity index (χ1v) is 7.87. The molecule has 1 aliphatic heterocycles. The zero-order valence-corrected chi connectivity index (χ0v) is 13.2. The minimum absolute atomic E-state index is 0.803. The topological polar surface area (TPSA) is 24.5 Å². The molecule has 19 heavy (non-hydrogen) atoms. The van der Waals surface area contributed by atoms with Crippen LogP contribution in [0.3, 0.4) is 0 Å². The van der Waals surface area contributed by atoms with E-state index in [1.165, 1.54) is 38.0 Å². The largest absolute Gasteiger partial charge is 0.494 e. The van der Waals surface area contributed by atoms with Gasteiger partial charge in [0.05, 0.1) is 6.61 Å². The van der Waals surface area contributed by atoms with E-state index >= 15 is 0 Å². The molecule has 0 spiro atoms. The quantitative estimate of drug-likeness (QED) is 0.779. The molecule has 2 rings (SSSR count). The third-order valence-corrected chi connectivity index (χ3v) is 4.24. The Balaban J connectivity index is 1.74. The molecule has 0 atom stereocenters. The van der Waals surface area contributed by atoms with Crippen molar-refractivity contribution in [2.45, 2.75) is 25.8 Å². The molecule has 0 saturated carbocycles. The van der Waals surface area contributed by atoms with E-state index in [0.717, 1.165) is 29.8 Å². The third kappa shape index (κ3) is 4.79. The van der Waals surface area contributed by atoms with Crippen molar-refractivity contribution in [3.8, 4) is 5.75 Å². The van der Waals surface area contributed by atoms with Gasteiger partial charge in [-0.05, 0) is 63.2 Å². The molecule has 1 aromatic carbocycles. The molecule has 0 aromatic heterocycles. The highest BCUT2D eigenvalue weighted by atomic mass is 79.9. The molecule has 0 aliphatic carbocycles. The lowest BCUT2D eigenvalue weighted by molar-refractivity contribution is 0.263. The van der Waals surface area contributed by atoms with Crippen LogP contribution in [0.2, 0.25) is 0 Å². The summed E-state index contributed by atoms with van der Waals surface area (Å²) in [5.74, 6) is 0.967. The fourth-order valence-corrected chi connectivity index (χ4v) is 2.84. The van der Waals surface area contributed by atoms with E-state index in [1.54, 1.807) is 0 Å². The van der Waals surface area contributed by atoms with Crippen LogP contribution in [-0.4, -0.2) is 38.2 Å². The maximum absolute atomic E-state index is 5.83. The number of hydrogen-bond acceptors (Lipinski definition) is 3. The number of rotatable bonds is 7. The number of benzene rings is 1. The predicted octanol–water partition coefficient (Wildman–Crippen LogP) is 3.03. The summed E-state index contributed by atoms with van der Waals surface area (Å²) >= 11 is 3.56. The number of halogens is 1. The number of nitrogens with zero attached hydrogens (tertiary/aromatic N) is 1. The van der Waals surface area contributed by atoms with Gasteiger partial charge in [-0.3, -0.25) is 0 Å². The van der Waals surface area contributed by atoms with Crippen LogP contribution < -0.4 is 10.1 Å². The van der Waals surface area contributed by atoms with E-state index in [0.29, 0.717) is 0 Å². The first-order chi connectivity index (χ1) is 9.29. The highest BCUT2D eigenvalue weighted by Crippen LogP contribution is 2.22. The average molecular weight is 327 g/mol. The van der Waals surface area contributed by atoms with Crippen molar-refractivity contribution < 1.29 is 4.74 Å². The van der Waals surface area contributed by atoms with E-state index in [-0.39, 0.29) is 0 Å². The summed E-state index contributed by atoms with van der Waals surface area (Å²) in [4.78, 5) is 2.53.